The molecular weight excluding hydrogens is 391 g/mol. The summed E-state index contributed by atoms with van der Waals surface area (Å²) in [4.78, 5) is 14.3. The molecule has 1 aromatic rings. The summed E-state index contributed by atoms with van der Waals surface area (Å²) in [7, 11) is -3.31. The van der Waals surface area contributed by atoms with Crippen LogP contribution in [0.1, 0.15) is 38.7 Å². The number of nitrogens with one attached hydrogen (secondary N) is 1. The second kappa shape index (κ2) is 9.69. The summed E-state index contributed by atoms with van der Waals surface area (Å²) < 4.78 is 31.8. The Labute approximate surface area is 189 Å². The number of piperidine rings is 1. The van der Waals surface area contributed by atoms with Gasteiger partial charge in [0.1, 0.15) is 5.75 Å². The van der Waals surface area contributed by atoms with Gasteiger partial charge in [-0.2, -0.15) is 0 Å². The first-order chi connectivity index (χ1) is 12.7. The van der Waals surface area contributed by atoms with Crippen LogP contribution in [0.2, 0.25) is 0 Å². The van der Waals surface area contributed by atoms with E-state index in [9.17, 15) is 13.9 Å². The van der Waals surface area contributed by atoms with Crippen LogP contribution in [0, 0.1) is 11.8 Å². The van der Waals surface area contributed by atoms with Gasteiger partial charge < -0.3 is 15.4 Å². The number of hydrogen-bond acceptors (Lipinski definition) is 7. The summed E-state index contributed by atoms with van der Waals surface area (Å²) in [5.41, 5.74) is 6.94. The molecule has 152 valence electrons. The zero-order valence-corrected chi connectivity index (χ0v) is 16.5. The minimum atomic E-state index is -3.31. The molecule has 5 N–H and O–H groups in total. The summed E-state index contributed by atoms with van der Waals surface area (Å²) in [6, 6.07) is 5.24. The van der Waals surface area contributed by atoms with E-state index in [-0.39, 0.29) is 47.2 Å². The average Bonchev–Trinajstić information content (AvgIpc) is 2.58. The zero-order chi connectivity index (χ0) is 19.6. The van der Waals surface area contributed by atoms with Crippen LogP contribution in [0.15, 0.2) is 22.6 Å². The van der Waals surface area contributed by atoms with Crippen LogP contribution in [0.25, 0.3) is 0 Å². The number of fused-ring (bicyclic) bond motifs is 1. The van der Waals surface area contributed by atoms with Gasteiger partial charge in [-0.05, 0) is 41.9 Å². The molecule has 0 bridgehead atoms. The van der Waals surface area contributed by atoms with Crippen molar-refractivity contribution >= 4 is 57.9 Å². The number of carbonyl (C=O) groups is 1. The van der Waals surface area contributed by atoms with E-state index in [1.165, 1.54) is 0 Å². The Morgan fingerprint density at radius 2 is 2.21 bits per heavy atom. The Hall–Kier alpha value is -0.970. The Bertz CT molecular complexity index is 744. The number of rotatable bonds is 5. The summed E-state index contributed by atoms with van der Waals surface area (Å²) in [5.74, 6) is 1.39. The fourth-order valence-electron chi connectivity index (χ4n) is 3.47. The third kappa shape index (κ3) is 5.77. The molecule has 10 heteroatoms. The monoisotopic (exact) mass is 420 g/mol. The molecule has 0 saturated carbocycles. The van der Waals surface area contributed by atoms with Crippen molar-refractivity contribution in [1.29, 1.82) is 0 Å². The topological polar surface area (TPSA) is 120 Å². The maximum absolute atomic E-state index is 12.3. The number of nitrogens with zero attached hydrogens (tertiary/aromatic N) is 2. The molecule has 0 aromatic heterocycles. The second-order valence-electron chi connectivity index (χ2n) is 7.53. The minimum absolute atomic E-state index is 0. The van der Waals surface area contributed by atoms with Crippen LogP contribution in [-0.2, 0) is 4.79 Å². The van der Waals surface area contributed by atoms with Crippen molar-refractivity contribution in [3.63, 3.8) is 0 Å². The first kappa shape index (κ1) is 23.3. The first-order valence-electron chi connectivity index (χ1n) is 9.20. The molecule has 1 amide bonds. The zero-order valence-electron chi connectivity index (χ0n) is 15.7. The Morgan fingerprint density at radius 1 is 1.46 bits per heavy atom. The fourth-order valence-corrected chi connectivity index (χ4v) is 4.34. The molecule has 2 aliphatic rings. The first-order valence-corrected chi connectivity index (χ1v) is 10.7. The Balaban J connectivity index is 0.00000280. The van der Waals surface area contributed by atoms with Crippen LogP contribution < -0.4 is 15.2 Å². The van der Waals surface area contributed by atoms with Gasteiger partial charge in [0.15, 0.2) is 5.84 Å². The third-order valence-electron chi connectivity index (χ3n) is 4.68. The summed E-state index contributed by atoms with van der Waals surface area (Å²) in [6.07, 6.45) is 2.55. The van der Waals surface area contributed by atoms with Crippen LogP contribution >= 0.6 is 11.0 Å². The predicted molar refractivity (Wildman–Crippen MR) is 115 cm³/mol. The van der Waals surface area contributed by atoms with Gasteiger partial charge in [0.05, 0.1) is 17.9 Å². The number of carbonyl (C=O) groups excluding carboxylic acids is 1. The standard InChI is InChI=1S/C18H28N4O4S.Na.H/c1-12(2)9-16(23)22-8-4-5-13(10-22)11-26-15-7-3-6-14-17(15)18(19)21-27(24,25)20-14;;/h3,6-7,12-13,20,24-25H,4-5,8-11H2,1-2H3,(H2,19,21);;. The number of benzene rings is 1. The van der Waals surface area contributed by atoms with E-state index in [0.717, 1.165) is 19.4 Å². The summed E-state index contributed by atoms with van der Waals surface area (Å²) in [5, 5.41) is 0. The normalized spacial score (nSPS) is 21.7. The van der Waals surface area contributed by atoms with Gasteiger partial charge in [0.25, 0.3) is 0 Å². The van der Waals surface area contributed by atoms with Crippen molar-refractivity contribution in [3.8, 4) is 5.75 Å². The van der Waals surface area contributed by atoms with Gasteiger partial charge in [-0.15, -0.1) is 4.40 Å². The van der Waals surface area contributed by atoms with Gasteiger partial charge in [-0.1, -0.05) is 19.9 Å². The summed E-state index contributed by atoms with van der Waals surface area (Å²) >= 11 is 0. The molecule has 0 spiro atoms. The van der Waals surface area contributed by atoms with Crippen molar-refractivity contribution in [2.24, 2.45) is 22.0 Å². The summed E-state index contributed by atoms with van der Waals surface area (Å²) in [6.45, 7) is 6.07. The molecule has 28 heavy (non-hydrogen) atoms. The van der Waals surface area contributed by atoms with Crippen molar-refractivity contribution < 1.29 is 18.6 Å². The van der Waals surface area contributed by atoms with Crippen molar-refractivity contribution in [3.05, 3.63) is 23.8 Å². The van der Waals surface area contributed by atoms with Crippen LogP contribution in [0.4, 0.5) is 5.69 Å². The van der Waals surface area contributed by atoms with Crippen LogP contribution in [0.5, 0.6) is 5.75 Å². The maximum atomic E-state index is 12.3. The van der Waals surface area contributed by atoms with E-state index in [4.69, 9.17) is 10.5 Å². The molecule has 0 aliphatic carbocycles. The van der Waals surface area contributed by atoms with Crippen LogP contribution in [0.3, 0.4) is 0 Å². The molecule has 2 heterocycles. The van der Waals surface area contributed by atoms with Gasteiger partial charge in [0, 0.05) is 25.4 Å². The molecule has 2 aliphatic heterocycles. The van der Waals surface area contributed by atoms with Crippen molar-refractivity contribution in [2.45, 2.75) is 33.1 Å². The quantitative estimate of drug-likeness (QED) is 0.543. The predicted octanol–water partition coefficient (Wildman–Crippen LogP) is 2.41. The SMILES string of the molecule is CC(C)CC(=O)N1CCCC(COc2cccc3c2C(N)=NS(O)(O)N3)C1.[NaH]. The van der Waals surface area contributed by atoms with Crippen LogP contribution in [-0.4, -0.2) is 75.0 Å². The van der Waals surface area contributed by atoms with E-state index < -0.39 is 11.0 Å². The number of anilines is 1. The Morgan fingerprint density at radius 3 is 2.93 bits per heavy atom. The number of amidine groups is 1. The molecule has 1 atom stereocenters. The van der Waals surface area contributed by atoms with Gasteiger partial charge in [-0.3, -0.25) is 18.6 Å². The number of amides is 1. The van der Waals surface area contributed by atoms with E-state index in [1.54, 1.807) is 18.2 Å². The Kier molecular flexibility index (Phi) is 8.06. The van der Waals surface area contributed by atoms with E-state index >= 15 is 0 Å². The third-order valence-corrected chi connectivity index (χ3v) is 5.63. The molecule has 1 unspecified atom stereocenters. The fraction of sp³-hybridized carbons (Fsp3) is 0.556. The molecule has 3 rings (SSSR count). The second-order valence-corrected chi connectivity index (χ2v) is 8.96. The van der Waals surface area contributed by atoms with Gasteiger partial charge in [-0.25, -0.2) is 0 Å². The molecule has 1 fully saturated rings. The number of hydrogen-bond donors (Lipinski definition) is 4. The van der Waals surface area contributed by atoms with Crippen molar-refractivity contribution in [1.82, 2.24) is 4.90 Å². The van der Waals surface area contributed by atoms with Gasteiger partial charge >= 0.3 is 29.6 Å². The molecule has 0 radical (unpaired) electrons. The number of nitrogens with two attached hydrogens (primary N) is 1. The van der Waals surface area contributed by atoms with E-state index in [0.29, 0.717) is 42.5 Å². The molecular formula is C18H29N4NaO4S. The number of likely N-dealkylation sites (tertiary alicyclic amines) is 1. The molecule has 8 nitrogen and oxygen atoms in total. The average molecular weight is 421 g/mol. The molecule has 1 saturated heterocycles. The molecule has 1 aromatic carbocycles. The van der Waals surface area contributed by atoms with Gasteiger partial charge in [0.2, 0.25) is 5.91 Å². The van der Waals surface area contributed by atoms with E-state index in [1.807, 2.05) is 4.90 Å². The van der Waals surface area contributed by atoms with E-state index in [2.05, 4.69) is 23.0 Å². The van der Waals surface area contributed by atoms with Crippen molar-refractivity contribution in [2.75, 3.05) is 24.4 Å². The number of ether oxygens (including phenoxy) is 1.